The first-order chi connectivity index (χ1) is 5.83. The van der Waals surface area contributed by atoms with Crippen molar-refractivity contribution in [2.24, 2.45) is 0 Å². The largest absolute Gasteiger partial charge is 0.393 e. The van der Waals surface area contributed by atoms with Crippen molar-refractivity contribution >= 4 is 11.8 Å². The number of thioether (sulfide) groups is 1. The summed E-state index contributed by atoms with van der Waals surface area (Å²) in [5, 5.41) is 9.27. The van der Waals surface area contributed by atoms with Gasteiger partial charge in [-0.25, -0.2) is 0 Å². The zero-order valence-electron chi connectivity index (χ0n) is 7.83. The van der Waals surface area contributed by atoms with Crippen LogP contribution in [0.25, 0.3) is 0 Å². The van der Waals surface area contributed by atoms with Crippen LogP contribution in [-0.2, 0) is 0 Å². The van der Waals surface area contributed by atoms with Gasteiger partial charge in [0.15, 0.2) is 0 Å². The number of rotatable bonds is 4. The van der Waals surface area contributed by atoms with Gasteiger partial charge in [0.2, 0.25) is 0 Å². The van der Waals surface area contributed by atoms with Crippen molar-refractivity contribution in [3.63, 3.8) is 0 Å². The van der Waals surface area contributed by atoms with Gasteiger partial charge in [-0.05, 0) is 37.8 Å². The second-order valence-corrected chi connectivity index (χ2v) is 4.40. The van der Waals surface area contributed by atoms with Gasteiger partial charge in [0.25, 0.3) is 0 Å². The van der Waals surface area contributed by atoms with Gasteiger partial charge in [0.05, 0.1) is 6.10 Å². The van der Waals surface area contributed by atoms with Crippen LogP contribution in [-0.4, -0.2) is 47.8 Å². The Balaban J connectivity index is 2.01. The summed E-state index contributed by atoms with van der Waals surface area (Å²) in [7, 11) is 0. The Hall–Kier alpha value is 0.270. The summed E-state index contributed by atoms with van der Waals surface area (Å²) in [6.07, 6.45) is 5.36. The maximum atomic E-state index is 9.27. The number of likely N-dealkylation sites (tertiary alicyclic amines) is 1. The fourth-order valence-corrected chi connectivity index (χ4v) is 1.99. The van der Waals surface area contributed by atoms with Gasteiger partial charge >= 0.3 is 0 Å². The van der Waals surface area contributed by atoms with Crippen molar-refractivity contribution in [3.8, 4) is 0 Å². The molecule has 0 unspecified atom stereocenters. The Morgan fingerprint density at radius 1 is 1.42 bits per heavy atom. The highest BCUT2D eigenvalue weighted by molar-refractivity contribution is 7.98. The SMILES string of the molecule is CSCCCN1CCC(O)CC1. The molecule has 1 heterocycles. The molecule has 1 rings (SSSR count). The predicted octanol–water partition coefficient (Wildman–Crippen LogP) is 1.20. The van der Waals surface area contributed by atoms with E-state index in [1.54, 1.807) is 0 Å². The van der Waals surface area contributed by atoms with Crippen molar-refractivity contribution in [1.82, 2.24) is 4.90 Å². The van der Waals surface area contributed by atoms with E-state index in [0.717, 1.165) is 25.9 Å². The molecule has 0 aromatic rings. The highest BCUT2D eigenvalue weighted by Gasteiger charge is 2.15. The van der Waals surface area contributed by atoms with E-state index in [1.807, 2.05) is 11.8 Å². The van der Waals surface area contributed by atoms with Crippen molar-refractivity contribution in [2.75, 3.05) is 31.6 Å². The highest BCUT2D eigenvalue weighted by atomic mass is 32.2. The number of nitrogens with zero attached hydrogens (tertiary/aromatic N) is 1. The number of aliphatic hydroxyl groups is 1. The number of piperidine rings is 1. The van der Waals surface area contributed by atoms with Gasteiger partial charge in [-0.1, -0.05) is 0 Å². The minimum absolute atomic E-state index is 0.0261. The first-order valence-corrected chi connectivity index (χ1v) is 6.11. The fraction of sp³-hybridized carbons (Fsp3) is 1.00. The molecule has 1 N–H and O–H groups in total. The molecular formula is C9H19NOS. The molecule has 0 aliphatic carbocycles. The Morgan fingerprint density at radius 2 is 2.08 bits per heavy atom. The zero-order chi connectivity index (χ0) is 8.81. The summed E-state index contributed by atoms with van der Waals surface area (Å²) in [6, 6.07) is 0. The molecule has 1 fully saturated rings. The van der Waals surface area contributed by atoms with Crippen LogP contribution in [0.1, 0.15) is 19.3 Å². The lowest BCUT2D eigenvalue weighted by molar-refractivity contribution is 0.0828. The number of hydrogen-bond donors (Lipinski definition) is 1. The fourth-order valence-electron chi connectivity index (χ4n) is 1.58. The zero-order valence-corrected chi connectivity index (χ0v) is 8.65. The van der Waals surface area contributed by atoms with Gasteiger partial charge in [-0.3, -0.25) is 0 Å². The lowest BCUT2D eigenvalue weighted by Gasteiger charge is -2.29. The average Bonchev–Trinajstić information content (AvgIpc) is 2.09. The molecule has 1 aliphatic rings. The van der Waals surface area contributed by atoms with E-state index in [2.05, 4.69) is 11.2 Å². The summed E-state index contributed by atoms with van der Waals surface area (Å²) in [5.41, 5.74) is 0. The van der Waals surface area contributed by atoms with E-state index in [1.165, 1.54) is 18.7 Å². The Labute approximate surface area is 79.3 Å². The minimum Gasteiger partial charge on any atom is -0.393 e. The van der Waals surface area contributed by atoms with Crippen LogP contribution < -0.4 is 0 Å². The van der Waals surface area contributed by atoms with E-state index in [4.69, 9.17) is 0 Å². The third-order valence-electron chi connectivity index (χ3n) is 2.38. The van der Waals surface area contributed by atoms with Gasteiger partial charge in [0.1, 0.15) is 0 Å². The smallest absolute Gasteiger partial charge is 0.0564 e. The highest BCUT2D eigenvalue weighted by Crippen LogP contribution is 2.10. The summed E-state index contributed by atoms with van der Waals surface area (Å²) in [6.45, 7) is 3.40. The summed E-state index contributed by atoms with van der Waals surface area (Å²) in [4.78, 5) is 2.46. The van der Waals surface area contributed by atoms with Gasteiger partial charge in [-0.2, -0.15) is 11.8 Å². The molecule has 72 valence electrons. The minimum atomic E-state index is -0.0261. The molecule has 1 saturated heterocycles. The third kappa shape index (κ3) is 3.78. The van der Waals surface area contributed by atoms with Crippen LogP contribution >= 0.6 is 11.8 Å². The Bertz CT molecular complexity index is 113. The van der Waals surface area contributed by atoms with Crippen LogP contribution in [0, 0.1) is 0 Å². The van der Waals surface area contributed by atoms with E-state index in [0.29, 0.717) is 0 Å². The summed E-state index contributed by atoms with van der Waals surface area (Å²) in [5.74, 6) is 1.26. The monoisotopic (exact) mass is 189 g/mol. The molecule has 0 aromatic carbocycles. The molecule has 0 saturated carbocycles. The first kappa shape index (κ1) is 10.4. The van der Waals surface area contributed by atoms with Crippen molar-refractivity contribution in [2.45, 2.75) is 25.4 Å². The maximum absolute atomic E-state index is 9.27. The van der Waals surface area contributed by atoms with Crippen molar-refractivity contribution < 1.29 is 5.11 Å². The maximum Gasteiger partial charge on any atom is 0.0564 e. The quantitative estimate of drug-likeness (QED) is 0.672. The Kier molecular flexibility index (Phi) is 5.04. The standard InChI is InChI=1S/C9H19NOS/c1-12-8-2-5-10-6-3-9(11)4-7-10/h9,11H,2-8H2,1H3. The van der Waals surface area contributed by atoms with E-state index in [-0.39, 0.29) is 6.10 Å². The molecule has 2 nitrogen and oxygen atoms in total. The van der Waals surface area contributed by atoms with Crippen LogP contribution in [0.3, 0.4) is 0 Å². The second kappa shape index (κ2) is 5.84. The Morgan fingerprint density at radius 3 is 2.67 bits per heavy atom. The molecule has 12 heavy (non-hydrogen) atoms. The molecule has 3 heteroatoms. The molecule has 0 aromatic heterocycles. The van der Waals surface area contributed by atoms with Crippen LogP contribution in [0.5, 0.6) is 0 Å². The molecule has 0 spiro atoms. The average molecular weight is 189 g/mol. The molecule has 0 atom stereocenters. The molecular weight excluding hydrogens is 170 g/mol. The van der Waals surface area contributed by atoms with Gasteiger partial charge in [-0.15, -0.1) is 0 Å². The predicted molar refractivity (Wildman–Crippen MR) is 54.7 cm³/mol. The van der Waals surface area contributed by atoms with Crippen LogP contribution in [0.4, 0.5) is 0 Å². The van der Waals surface area contributed by atoms with Crippen LogP contribution in [0.15, 0.2) is 0 Å². The van der Waals surface area contributed by atoms with Crippen molar-refractivity contribution in [3.05, 3.63) is 0 Å². The topological polar surface area (TPSA) is 23.5 Å². The van der Waals surface area contributed by atoms with Gasteiger partial charge in [0, 0.05) is 13.1 Å². The van der Waals surface area contributed by atoms with E-state index in [9.17, 15) is 5.11 Å². The third-order valence-corrected chi connectivity index (χ3v) is 3.08. The van der Waals surface area contributed by atoms with Crippen LogP contribution in [0.2, 0.25) is 0 Å². The summed E-state index contributed by atoms with van der Waals surface area (Å²) >= 11 is 1.91. The molecule has 1 aliphatic heterocycles. The lowest BCUT2D eigenvalue weighted by Crippen LogP contribution is -2.36. The lowest BCUT2D eigenvalue weighted by atomic mass is 10.1. The van der Waals surface area contributed by atoms with Crippen molar-refractivity contribution in [1.29, 1.82) is 0 Å². The molecule has 0 amide bonds. The summed E-state index contributed by atoms with van der Waals surface area (Å²) < 4.78 is 0. The normalized spacial score (nSPS) is 21.5. The second-order valence-electron chi connectivity index (χ2n) is 3.42. The van der Waals surface area contributed by atoms with E-state index >= 15 is 0 Å². The first-order valence-electron chi connectivity index (χ1n) is 4.72. The number of aliphatic hydroxyl groups excluding tert-OH is 1. The number of hydrogen-bond acceptors (Lipinski definition) is 3. The molecule has 0 radical (unpaired) electrons. The van der Waals surface area contributed by atoms with E-state index < -0.39 is 0 Å². The molecule has 0 bridgehead atoms. The van der Waals surface area contributed by atoms with Gasteiger partial charge < -0.3 is 10.0 Å².